The standard InChI is InChI=1S/C33H28N4O6/c1-18(2)19-11-13-20(14-12-19)30-29-23(21-7-3-5-9-24(21)34-29)17-26-31(40)36(33(42)35(26)30)25-10-6-4-8-22(25)32(41)43-37-27(38)15-16-28(37)39/h3-14,18,26,30,34H,15-17H2,1-2H3/t26-,30+/m0/s1. The van der Waals surface area contributed by atoms with E-state index in [1.807, 2.05) is 48.5 Å². The Bertz CT molecular complexity index is 1830. The predicted octanol–water partition coefficient (Wildman–Crippen LogP) is 5.00. The van der Waals surface area contributed by atoms with Gasteiger partial charge in [-0.15, -0.1) is 5.06 Å². The highest BCUT2D eigenvalue weighted by Gasteiger charge is 2.53. The smallest absolute Gasteiger partial charge is 0.356 e. The summed E-state index contributed by atoms with van der Waals surface area (Å²) in [6, 6.07) is 20.0. The summed E-state index contributed by atoms with van der Waals surface area (Å²) in [6.45, 7) is 4.22. The van der Waals surface area contributed by atoms with Crippen LogP contribution in [0.2, 0.25) is 0 Å². The molecule has 10 nitrogen and oxygen atoms in total. The molecule has 3 aliphatic heterocycles. The molecule has 3 aromatic carbocycles. The molecule has 4 aromatic rings. The first-order valence-electron chi connectivity index (χ1n) is 14.3. The summed E-state index contributed by atoms with van der Waals surface area (Å²) in [7, 11) is 0. The number of para-hydroxylation sites is 2. The fraction of sp³-hybridized carbons (Fsp3) is 0.242. The summed E-state index contributed by atoms with van der Waals surface area (Å²) in [6.07, 6.45) is 0.189. The summed E-state index contributed by atoms with van der Waals surface area (Å²) in [5.74, 6) is -2.41. The van der Waals surface area contributed by atoms with Gasteiger partial charge in [0.25, 0.3) is 17.7 Å². The van der Waals surface area contributed by atoms with E-state index in [0.29, 0.717) is 17.4 Å². The normalized spacial score (nSPS) is 19.9. The van der Waals surface area contributed by atoms with Gasteiger partial charge in [-0.3, -0.25) is 19.3 Å². The van der Waals surface area contributed by atoms with Crippen LogP contribution in [0.25, 0.3) is 10.9 Å². The lowest BCUT2D eigenvalue weighted by molar-refractivity contribution is -0.172. The molecule has 0 bridgehead atoms. The lowest BCUT2D eigenvalue weighted by Gasteiger charge is -2.36. The number of amides is 5. The molecule has 0 aliphatic carbocycles. The molecular weight excluding hydrogens is 548 g/mol. The number of anilines is 1. The Labute approximate surface area is 246 Å². The van der Waals surface area contributed by atoms with Crippen LogP contribution in [0.1, 0.15) is 71.4 Å². The zero-order valence-electron chi connectivity index (χ0n) is 23.6. The number of hydroxylamine groups is 2. The monoisotopic (exact) mass is 576 g/mol. The van der Waals surface area contributed by atoms with Crippen LogP contribution >= 0.6 is 0 Å². The molecule has 3 aliphatic rings. The largest absolute Gasteiger partial charge is 0.366 e. The van der Waals surface area contributed by atoms with Crippen LogP contribution in [-0.2, 0) is 25.6 Å². The van der Waals surface area contributed by atoms with Crippen LogP contribution in [0, 0.1) is 0 Å². The first kappa shape index (κ1) is 26.6. The summed E-state index contributed by atoms with van der Waals surface area (Å²) in [5, 5.41) is 1.44. The second kappa shape index (κ2) is 9.94. The average molecular weight is 577 g/mol. The van der Waals surface area contributed by atoms with Gasteiger partial charge in [0.15, 0.2) is 0 Å². The van der Waals surface area contributed by atoms with Crippen LogP contribution in [0.5, 0.6) is 0 Å². The maximum atomic E-state index is 14.3. The number of rotatable bonds is 5. The maximum Gasteiger partial charge on any atom is 0.366 e. The number of fused-ring (bicyclic) bond motifs is 4. The van der Waals surface area contributed by atoms with E-state index in [2.05, 4.69) is 18.8 Å². The van der Waals surface area contributed by atoms with Crippen molar-refractivity contribution in [2.75, 3.05) is 4.90 Å². The number of aromatic amines is 1. The molecule has 7 rings (SSSR count). The van der Waals surface area contributed by atoms with Crippen molar-refractivity contribution < 1.29 is 28.8 Å². The summed E-state index contributed by atoms with van der Waals surface area (Å²) in [5.41, 5.74) is 4.66. The van der Waals surface area contributed by atoms with Crippen LogP contribution in [0.15, 0.2) is 72.8 Å². The first-order valence-corrected chi connectivity index (χ1v) is 14.3. The van der Waals surface area contributed by atoms with E-state index in [9.17, 15) is 24.0 Å². The minimum atomic E-state index is -1.01. The van der Waals surface area contributed by atoms with Gasteiger partial charge in [0, 0.05) is 35.9 Å². The predicted molar refractivity (Wildman–Crippen MR) is 156 cm³/mol. The number of aromatic nitrogens is 1. The first-order chi connectivity index (χ1) is 20.7. The van der Waals surface area contributed by atoms with Crippen molar-refractivity contribution >= 4 is 46.3 Å². The summed E-state index contributed by atoms with van der Waals surface area (Å²) < 4.78 is 0. The number of nitrogens with zero attached hydrogens (tertiary/aromatic N) is 3. The lowest BCUT2D eigenvalue weighted by Crippen LogP contribution is -2.44. The second-order valence-corrected chi connectivity index (χ2v) is 11.3. The van der Waals surface area contributed by atoms with Gasteiger partial charge in [-0.1, -0.05) is 68.4 Å². The number of urea groups is 1. The van der Waals surface area contributed by atoms with Crippen molar-refractivity contribution in [3.63, 3.8) is 0 Å². The highest BCUT2D eigenvalue weighted by Crippen LogP contribution is 2.45. The molecule has 1 N–H and O–H groups in total. The Morgan fingerprint density at radius 1 is 0.884 bits per heavy atom. The molecule has 0 saturated carbocycles. The van der Waals surface area contributed by atoms with Crippen molar-refractivity contribution in [3.8, 4) is 0 Å². The number of hydrogen-bond acceptors (Lipinski definition) is 6. The second-order valence-electron chi connectivity index (χ2n) is 11.3. The number of carbonyl (C=O) groups excluding carboxylic acids is 5. The van der Waals surface area contributed by atoms with Crippen molar-refractivity contribution in [1.82, 2.24) is 14.9 Å². The van der Waals surface area contributed by atoms with Gasteiger partial charge in [-0.05, 0) is 40.8 Å². The van der Waals surface area contributed by atoms with Crippen molar-refractivity contribution in [3.05, 3.63) is 101 Å². The number of benzene rings is 3. The van der Waals surface area contributed by atoms with Gasteiger partial charge in [0.1, 0.15) is 12.1 Å². The SMILES string of the molecule is CC(C)c1ccc([C@@H]2c3[nH]c4ccccc4c3C[C@H]3C(=O)N(c4ccccc4C(=O)ON4C(=O)CCC4=O)C(=O)N23)cc1. The van der Waals surface area contributed by atoms with E-state index in [1.54, 1.807) is 17.0 Å². The van der Waals surface area contributed by atoms with Crippen LogP contribution in [-0.4, -0.2) is 50.7 Å². The van der Waals surface area contributed by atoms with Crippen molar-refractivity contribution in [1.29, 1.82) is 0 Å². The molecule has 2 fully saturated rings. The molecular formula is C33H28N4O6. The van der Waals surface area contributed by atoms with Gasteiger partial charge in [0.2, 0.25) is 0 Å². The Kier molecular flexibility index (Phi) is 6.16. The van der Waals surface area contributed by atoms with Crippen LogP contribution < -0.4 is 4.90 Å². The van der Waals surface area contributed by atoms with E-state index in [0.717, 1.165) is 38.2 Å². The molecule has 0 unspecified atom stereocenters. The molecule has 2 atom stereocenters. The van der Waals surface area contributed by atoms with E-state index >= 15 is 0 Å². The Morgan fingerprint density at radius 3 is 2.28 bits per heavy atom. The topological polar surface area (TPSA) is 120 Å². The third kappa shape index (κ3) is 4.12. The van der Waals surface area contributed by atoms with E-state index in [-0.39, 0.29) is 24.1 Å². The zero-order valence-corrected chi connectivity index (χ0v) is 23.6. The van der Waals surface area contributed by atoms with Crippen LogP contribution in [0.4, 0.5) is 10.5 Å². The molecule has 1 aromatic heterocycles. The number of H-pyrrole nitrogens is 1. The molecule has 2 saturated heterocycles. The molecule has 10 heteroatoms. The third-order valence-corrected chi connectivity index (χ3v) is 8.51. The summed E-state index contributed by atoms with van der Waals surface area (Å²) >= 11 is 0. The van der Waals surface area contributed by atoms with Crippen LogP contribution in [0.3, 0.4) is 0 Å². The Balaban J connectivity index is 1.31. The maximum absolute atomic E-state index is 14.3. The number of hydrogen-bond donors (Lipinski definition) is 1. The quantitative estimate of drug-likeness (QED) is 0.264. The van der Waals surface area contributed by atoms with E-state index < -0.39 is 41.8 Å². The fourth-order valence-corrected chi connectivity index (χ4v) is 6.34. The highest BCUT2D eigenvalue weighted by atomic mass is 16.7. The number of nitrogens with one attached hydrogen (secondary N) is 1. The molecule has 0 radical (unpaired) electrons. The van der Waals surface area contributed by atoms with Gasteiger partial charge in [-0.2, -0.15) is 0 Å². The third-order valence-electron chi connectivity index (χ3n) is 8.51. The van der Waals surface area contributed by atoms with E-state index in [1.165, 1.54) is 12.1 Å². The molecule has 0 spiro atoms. The minimum Gasteiger partial charge on any atom is -0.356 e. The zero-order chi connectivity index (χ0) is 30.0. The summed E-state index contributed by atoms with van der Waals surface area (Å²) in [4.78, 5) is 77.1. The Hall–Kier alpha value is -5.25. The van der Waals surface area contributed by atoms with Gasteiger partial charge >= 0.3 is 12.0 Å². The van der Waals surface area contributed by atoms with Gasteiger partial charge in [-0.25, -0.2) is 14.5 Å². The lowest BCUT2D eigenvalue weighted by atomic mass is 9.88. The molecule has 4 heterocycles. The van der Waals surface area contributed by atoms with E-state index in [4.69, 9.17) is 4.84 Å². The number of carbonyl (C=O) groups is 5. The molecule has 216 valence electrons. The minimum absolute atomic E-state index is 0.0263. The van der Waals surface area contributed by atoms with Gasteiger partial charge < -0.3 is 9.82 Å². The molecule has 5 amide bonds. The van der Waals surface area contributed by atoms with Gasteiger partial charge in [0.05, 0.1) is 11.3 Å². The fourth-order valence-electron chi connectivity index (χ4n) is 6.34. The Morgan fingerprint density at radius 2 is 1.56 bits per heavy atom. The average Bonchev–Trinajstić information content (AvgIpc) is 3.62. The molecule has 43 heavy (non-hydrogen) atoms. The highest BCUT2D eigenvalue weighted by molar-refractivity contribution is 6.24. The number of imide groups is 2. The van der Waals surface area contributed by atoms with Crippen molar-refractivity contribution in [2.24, 2.45) is 0 Å². The van der Waals surface area contributed by atoms with Crippen molar-refractivity contribution in [2.45, 2.75) is 51.1 Å².